The van der Waals surface area contributed by atoms with Crippen LogP contribution in [0, 0.1) is 5.92 Å². The van der Waals surface area contributed by atoms with Gasteiger partial charge in [0.25, 0.3) is 0 Å². The van der Waals surface area contributed by atoms with Crippen molar-refractivity contribution in [2.24, 2.45) is 5.92 Å². The van der Waals surface area contributed by atoms with Gasteiger partial charge >= 0.3 is 0 Å². The van der Waals surface area contributed by atoms with E-state index in [0.717, 1.165) is 24.4 Å². The largest absolute Gasteiger partial charge is 0.388 e. The van der Waals surface area contributed by atoms with Gasteiger partial charge in [-0.1, -0.05) is 43.5 Å². The molecular formula is C17H26ClNO. The lowest BCUT2D eigenvalue weighted by molar-refractivity contribution is 0.116. The highest BCUT2D eigenvalue weighted by Gasteiger charge is 2.22. The zero-order valence-electron chi connectivity index (χ0n) is 12.6. The second-order valence-corrected chi connectivity index (χ2v) is 6.70. The van der Waals surface area contributed by atoms with Crippen LogP contribution in [0.4, 0.5) is 0 Å². The van der Waals surface area contributed by atoms with Crippen molar-refractivity contribution in [3.8, 4) is 0 Å². The zero-order chi connectivity index (χ0) is 14.5. The van der Waals surface area contributed by atoms with E-state index in [9.17, 15) is 5.11 Å². The number of halogens is 1. The summed E-state index contributed by atoms with van der Waals surface area (Å²) in [6.07, 6.45) is 5.71. The molecule has 1 saturated carbocycles. The molecule has 1 aromatic carbocycles. The summed E-state index contributed by atoms with van der Waals surface area (Å²) in [6.45, 7) is 3.30. The lowest BCUT2D eigenvalue weighted by Gasteiger charge is -2.34. The van der Waals surface area contributed by atoms with Crippen LogP contribution >= 0.6 is 11.6 Å². The van der Waals surface area contributed by atoms with Gasteiger partial charge in [0.05, 0.1) is 6.10 Å². The van der Waals surface area contributed by atoms with Crippen molar-refractivity contribution in [1.82, 2.24) is 4.90 Å². The predicted molar refractivity (Wildman–Crippen MR) is 85.1 cm³/mol. The minimum atomic E-state index is -0.393. The average Bonchev–Trinajstić information content (AvgIpc) is 2.45. The van der Waals surface area contributed by atoms with Crippen LogP contribution in [0.3, 0.4) is 0 Å². The van der Waals surface area contributed by atoms with E-state index >= 15 is 0 Å². The van der Waals surface area contributed by atoms with Crippen molar-refractivity contribution in [3.05, 3.63) is 34.9 Å². The number of hydrogen-bond donors (Lipinski definition) is 1. The highest BCUT2D eigenvalue weighted by molar-refractivity contribution is 6.30. The van der Waals surface area contributed by atoms with E-state index in [4.69, 9.17) is 11.6 Å². The average molecular weight is 296 g/mol. The molecule has 0 aromatic heterocycles. The summed E-state index contributed by atoms with van der Waals surface area (Å²) in [5.41, 5.74) is 0.958. The van der Waals surface area contributed by atoms with Gasteiger partial charge in [-0.15, -0.1) is 0 Å². The molecule has 112 valence electrons. The van der Waals surface area contributed by atoms with Gasteiger partial charge in [-0.25, -0.2) is 0 Å². The highest BCUT2D eigenvalue weighted by atomic mass is 35.5. The first-order valence-electron chi connectivity index (χ1n) is 7.70. The van der Waals surface area contributed by atoms with Crippen LogP contribution in [0.5, 0.6) is 0 Å². The number of aliphatic hydroxyl groups is 1. The van der Waals surface area contributed by atoms with Crippen molar-refractivity contribution in [2.45, 2.75) is 51.2 Å². The first-order chi connectivity index (χ1) is 9.56. The van der Waals surface area contributed by atoms with E-state index in [1.165, 1.54) is 25.7 Å². The molecule has 1 aromatic rings. The van der Waals surface area contributed by atoms with Gasteiger partial charge in [0.2, 0.25) is 0 Å². The molecule has 1 aliphatic rings. The molecule has 0 radical (unpaired) electrons. The van der Waals surface area contributed by atoms with Crippen LogP contribution in [-0.4, -0.2) is 29.6 Å². The first kappa shape index (κ1) is 15.8. The molecule has 2 nitrogen and oxygen atoms in total. The van der Waals surface area contributed by atoms with Gasteiger partial charge in [-0.2, -0.15) is 0 Å². The predicted octanol–water partition coefficient (Wildman–Crippen LogP) is 4.27. The summed E-state index contributed by atoms with van der Waals surface area (Å²) < 4.78 is 0. The molecule has 1 aliphatic carbocycles. The molecule has 20 heavy (non-hydrogen) atoms. The highest BCUT2D eigenvalue weighted by Crippen LogP contribution is 2.27. The third kappa shape index (κ3) is 4.47. The number of aliphatic hydroxyl groups excluding tert-OH is 1. The van der Waals surface area contributed by atoms with Crippen molar-refractivity contribution < 1.29 is 5.11 Å². The maximum atomic E-state index is 10.2. The van der Waals surface area contributed by atoms with E-state index in [-0.39, 0.29) is 0 Å². The molecule has 0 spiro atoms. The summed E-state index contributed by atoms with van der Waals surface area (Å²) >= 11 is 5.87. The molecule has 0 aliphatic heterocycles. The minimum Gasteiger partial charge on any atom is -0.388 e. The molecule has 0 saturated heterocycles. The quantitative estimate of drug-likeness (QED) is 0.877. The Morgan fingerprint density at radius 2 is 2.00 bits per heavy atom. The van der Waals surface area contributed by atoms with Crippen LogP contribution in [0.2, 0.25) is 5.02 Å². The minimum absolute atomic E-state index is 0.393. The summed E-state index contributed by atoms with van der Waals surface area (Å²) in [5, 5.41) is 11.0. The first-order valence-corrected chi connectivity index (χ1v) is 8.08. The van der Waals surface area contributed by atoms with E-state index in [1.807, 2.05) is 24.3 Å². The second-order valence-electron chi connectivity index (χ2n) is 6.26. The maximum absolute atomic E-state index is 10.2. The number of benzene rings is 1. The molecule has 0 bridgehead atoms. The summed E-state index contributed by atoms with van der Waals surface area (Å²) in [7, 11) is 2.19. The third-order valence-electron chi connectivity index (χ3n) is 4.54. The van der Waals surface area contributed by atoms with Crippen LogP contribution < -0.4 is 0 Å². The van der Waals surface area contributed by atoms with Crippen LogP contribution in [0.15, 0.2) is 24.3 Å². The van der Waals surface area contributed by atoms with Crippen molar-refractivity contribution in [3.63, 3.8) is 0 Å². The molecule has 3 unspecified atom stereocenters. The Morgan fingerprint density at radius 1 is 1.30 bits per heavy atom. The molecule has 0 heterocycles. The Bertz CT molecular complexity index is 406. The fourth-order valence-electron chi connectivity index (χ4n) is 3.16. The van der Waals surface area contributed by atoms with E-state index < -0.39 is 6.10 Å². The van der Waals surface area contributed by atoms with E-state index in [1.54, 1.807) is 0 Å². The third-order valence-corrected chi connectivity index (χ3v) is 4.79. The Labute approximate surface area is 127 Å². The fourth-order valence-corrected chi connectivity index (χ4v) is 3.29. The van der Waals surface area contributed by atoms with Crippen LogP contribution in [0.25, 0.3) is 0 Å². The second kappa shape index (κ2) is 7.44. The summed E-state index contributed by atoms with van der Waals surface area (Å²) in [4.78, 5) is 2.43. The Kier molecular flexibility index (Phi) is 5.88. The summed E-state index contributed by atoms with van der Waals surface area (Å²) in [6, 6.07) is 8.20. The number of rotatable bonds is 5. The maximum Gasteiger partial charge on any atom is 0.0802 e. The van der Waals surface area contributed by atoms with Crippen molar-refractivity contribution in [1.29, 1.82) is 0 Å². The van der Waals surface area contributed by atoms with Gasteiger partial charge in [-0.3, -0.25) is 0 Å². The van der Waals surface area contributed by atoms with Gasteiger partial charge in [0, 0.05) is 17.6 Å². The molecule has 2 rings (SSSR count). The Hall–Kier alpha value is -0.570. The Balaban J connectivity index is 1.80. The smallest absolute Gasteiger partial charge is 0.0802 e. The molecule has 1 N–H and O–H groups in total. The van der Waals surface area contributed by atoms with E-state index in [0.29, 0.717) is 11.1 Å². The number of hydrogen-bond acceptors (Lipinski definition) is 2. The monoisotopic (exact) mass is 295 g/mol. The van der Waals surface area contributed by atoms with Gasteiger partial charge in [0.1, 0.15) is 0 Å². The topological polar surface area (TPSA) is 23.5 Å². The molecule has 3 atom stereocenters. The standard InChI is InChI=1S/C17H26ClNO/c1-13-4-3-5-16(12-13)19(2)11-10-17(20)14-6-8-15(18)9-7-14/h6-9,13,16-17,20H,3-5,10-12H2,1-2H3. The van der Waals surface area contributed by atoms with Crippen molar-refractivity contribution in [2.75, 3.05) is 13.6 Å². The van der Waals surface area contributed by atoms with Gasteiger partial charge in [-0.05, 0) is 49.9 Å². The zero-order valence-corrected chi connectivity index (χ0v) is 13.3. The van der Waals surface area contributed by atoms with Crippen molar-refractivity contribution >= 4 is 11.6 Å². The molecule has 3 heteroatoms. The SMILES string of the molecule is CC1CCCC(N(C)CCC(O)c2ccc(Cl)cc2)C1. The Morgan fingerprint density at radius 3 is 2.65 bits per heavy atom. The summed E-state index contributed by atoms with van der Waals surface area (Å²) in [5.74, 6) is 0.845. The lowest BCUT2D eigenvalue weighted by Crippen LogP contribution is -2.36. The van der Waals surface area contributed by atoms with Gasteiger partial charge < -0.3 is 10.0 Å². The lowest BCUT2D eigenvalue weighted by atomic mass is 9.86. The molecule has 0 amide bonds. The van der Waals surface area contributed by atoms with Crippen LogP contribution in [-0.2, 0) is 0 Å². The fraction of sp³-hybridized carbons (Fsp3) is 0.647. The molecule has 1 fully saturated rings. The normalized spacial score (nSPS) is 24.9. The van der Waals surface area contributed by atoms with Crippen LogP contribution in [0.1, 0.15) is 50.7 Å². The molecular weight excluding hydrogens is 270 g/mol. The number of nitrogens with zero attached hydrogens (tertiary/aromatic N) is 1. The van der Waals surface area contributed by atoms with E-state index in [2.05, 4.69) is 18.9 Å². The van der Waals surface area contributed by atoms with Gasteiger partial charge in [0.15, 0.2) is 0 Å².